The first kappa shape index (κ1) is 30.3. The van der Waals surface area contributed by atoms with E-state index in [1.807, 2.05) is 43.3 Å². The molecule has 3 rings (SSSR count). The van der Waals surface area contributed by atoms with Crippen molar-refractivity contribution < 1.29 is 22.7 Å². The first-order valence-electron chi connectivity index (χ1n) is 13.2. The zero-order valence-corrected chi connectivity index (χ0v) is 24.1. The quantitative estimate of drug-likeness (QED) is 0.320. The number of hydrogen-bond donors (Lipinski definition) is 2. The van der Waals surface area contributed by atoms with Crippen LogP contribution < -0.4 is 16.4 Å². The standard InChI is InChI=1S/C30H39N3O5S/c1-6-7-12-26(31)28(32)39(36,37)25-17-14-22(15-18-25)27(34)20(2)33(29(35)38-30(3,4)5)24-16-13-21-10-8-9-11-23(21)19-24/h8-11,13-20,26,28H,6-7,12,31-32H2,1-5H3. The maximum Gasteiger partial charge on any atom is 0.415 e. The van der Waals surface area contributed by atoms with Crippen molar-refractivity contribution in [2.45, 2.75) is 81.8 Å². The van der Waals surface area contributed by atoms with Crippen LogP contribution in [0.3, 0.4) is 0 Å². The Hall–Kier alpha value is -3.27. The summed E-state index contributed by atoms with van der Waals surface area (Å²) in [6.07, 6.45) is 1.50. The molecule has 8 nitrogen and oxygen atoms in total. The maximum atomic E-state index is 13.6. The molecule has 1 amide bonds. The zero-order chi connectivity index (χ0) is 29.0. The third-order valence-electron chi connectivity index (χ3n) is 6.51. The van der Waals surface area contributed by atoms with Gasteiger partial charge in [-0.05, 0) is 69.2 Å². The molecule has 210 valence electrons. The van der Waals surface area contributed by atoms with Gasteiger partial charge in [-0.2, -0.15) is 0 Å². The summed E-state index contributed by atoms with van der Waals surface area (Å²) in [5.41, 5.74) is 12.0. The van der Waals surface area contributed by atoms with Crippen LogP contribution in [0.4, 0.5) is 10.5 Å². The largest absolute Gasteiger partial charge is 0.443 e. The number of fused-ring (bicyclic) bond motifs is 1. The Labute approximate surface area is 231 Å². The number of nitrogens with zero attached hydrogens (tertiary/aromatic N) is 1. The highest BCUT2D eigenvalue weighted by Crippen LogP contribution is 2.27. The lowest BCUT2D eigenvalue weighted by atomic mass is 10.0. The highest BCUT2D eigenvalue weighted by Gasteiger charge is 2.33. The van der Waals surface area contributed by atoms with E-state index in [1.54, 1.807) is 33.8 Å². The summed E-state index contributed by atoms with van der Waals surface area (Å²) in [5, 5.41) is 0.653. The van der Waals surface area contributed by atoms with E-state index in [0.29, 0.717) is 12.1 Å². The minimum Gasteiger partial charge on any atom is -0.443 e. The number of amides is 1. The predicted molar refractivity (Wildman–Crippen MR) is 156 cm³/mol. The van der Waals surface area contributed by atoms with E-state index >= 15 is 0 Å². The molecule has 0 saturated heterocycles. The molecule has 3 atom stereocenters. The summed E-state index contributed by atoms with van der Waals surface area (Å²) < 4.78 is 31.7. The molecular formula is C30H39N3O5S. The van der Waals surface area contributed by atoms with Gasteiger partial charge in [0, 0.05) is 17.3 Å². The molecule has 0 spiro atoms. The third kappa shape index (κ3) is 7.23. The number of anilines is 1. The third-order valence-corrected chi connectivity index (χ3v) is 8.50. The molecule has 0 aliphatic carbocycles. The van der Waals surface area contributed by atoms with E-state index in [2.05, 4.69) is 0 Å². The van der Waals surface area contributed by atoms with E-state index in [0.717, 1.165) is 23.6 Å². The van der Waals surface area contributed by atoms with Crippen molar-refractivity contribution in [1.82, 2.24) is 0 Å². The fraction of sp³-hybridized carbons (Fsp3) is 0.400. The predicted octanol–water partition coefficient (Wildman–Crippen LogP) is 5.43. The van der Waals surface area contributed by atoms with E-state index in [9.17, 15) is 18.0 Å². The lowest BCUT2D eigenvalue weighted by Gasteiger charge is -2.31. The Morgan fingerprint density at radius 2 is 1.56 bits per heavy atom. The Kier molecular flexibility index (Phi) is 9.53. The number of benzene rings is 3. The van der Waals surface area contributed by atoms with Crippen molar-refractivity contribution in [3.05, 3.63) is 72.3 Å². The average molecular weight is 554 g/mol. The van der Waals surface area contributed by atoms with Gasteiger partial charge in [-0.15, -0.1) is 0 Å². The number of ketones is 1. The van der Waals surface area contributed by atoms with E-state index in [1.165, 1.54) is 29.2 Å². The van der Waals surface area contributed by atoms with Crippen molar-refractivity contribution in [2.24, 2.45) is 11.5 Å². The number of carbonyl (C=O) groups excluding carboxylic acids is 2. The van der Waals surface area contributed by atoms with Crippen molar-refractivity contribution >= 4 is 38.2 Å². The van der Waals surface area contributed by atoms with Gasteiger partial charge in [0.15, 0.2) is 15.6 Å². The van der Waals surface area contributed by atoms with Gasteiger partial charge in [0.05, 0.1) is 4.90 Å². The zero-order valence-electron chi connectivity index (χ0n) is 23.3. The van der Waals surface area contributed by atoms with Crippen LogP contribution in [0.5, 0.6) is 0 Å². The molecule has 3 unspecified atom stereocenters. The molecule has 9 heteroatoms. The first-order valence-corrected chi connectivity index (χ1v) is 14.7. The molecule has 39 heavy (non-hydrogen) atoms. The molecule has 0 aliphatic rings. The lowest BCUT2D eigenvalue weighted by molar-refractivity contribution is 0.0557. The highest BCUT2D eigenvalue weighted by molar-refractivity contribution is 7.92. The second-order valence-corrected chi connectivity index (χ2v) is 12.9. The number of rotatable bonds is 10. The summed E-state index contributed by atoms with van der Waals surface area (Å²) in [7, 11) is -3.89. The normalized spacial score (nSPS) is 14.4. The van der Waals surface area contributed by atoms with E-state index < -0.39 is 39.0 Å². The SMILES string of the molecule is CCCCC(N)C(N)S(=O)(=O)c1ccc(C(=O)C(C)N(C(=O)OC(C)(C)C)c2ccc3ccccc3c2)cc1. The fourth-order valence-corrected chi connectivity index (χ4v) is 5.71. The van der Waals surface area contributed by atoms with Crippen LogP contribution in [0.25, 0.3) is 10.8 Å². The van der Waals surface area contributed by atoms with Crippen LogP contribution in [-0.4, -0.2) is 43.4 Å². The summed E-state index contributed by atoms with van der Waals surface area (Å²) in [4.78, 5) is 28.2. The number of ether oxygens (including phenoxy) is 1. The van der Waals surface area contributed by atoms with Crippen molar-refractivity contribution in [1.29, 1.82) is 0 Å². The van der Waals surface area contributed by atoms with Crippen LogP contribution in [0.2, 0.25) is 0 Å². The van der Waals surface area contributed by atoms with Crippen molar-refractivity contribution in [3.8, 4) is 0 Å². The average Bonchev–Trinajstić information content (AvgIpc) is 2.89. The van der Waals surface area contributed by atoms with Gasteiger partial charge in [-0.25, -0.2) is 13.2 Å². The summed E-state index contributed by atoms with van der Waals surface area (Å²) in [6.45, 7) is 8.89. The molecule has 0 aliphatic heterocycles. The number of sulfone groups is 1. The van der Waals surface area contributed by atoms with Gasteiger partial charge >= 0.3 is 6.09 Å². The Bertz CT molecular complexity index is 1410. The van der Waals surface area contributed by atoms with Crippen LogP contribution in [0.15, 0.2) is 71.6 Å². The fourth-order valence-electron chi connectivity index (χ4n) is 4.28. The molecule has 0 fully saturated rings. The molecular weight excluding hydrogens is 514 g/mol. The number of Topliss-reactive ketones (excluding diaryl/α,β-unsaturated/α-hetero) is 1. The summed E-state index contributed by atoms with van der Waals surface area (Å²) >= 11 is 0. The second kappa shape index (κ2) is 12.3. The van der Waals surface area contributed by atoms with Gasteiger partial charge in [0.25, 0.3) is 0 Å². The van der Waals surface area contributed by atoms with Crippen LogP contribution in [0, 0.1) is 0 Å². The number of carbonyl (C=O) groups is 2. The monoisotopic (exact) mass is 553 g/mol. The minimum atomic E-state index is -3.89. The minimum absolute atomic E-state index is 0.00956. The van der Waals surface area contributed by atoms with Crippen LogP contribution >= 0.6 is 0 Å². The van der Waals surface area contributed by atoms with Gasteiger partial charge in [0.2, 0.25) is 0 Å². The summed E-state index contributed by atoms with van der Waals surface area (Å²) in [6, 6.07) is 17.2. The summed E-state index contributed by atoms with van der Waals surface area (Å²) in [5.74, 6) is -0.373. The Morgan fingerprint density at radius 1 is 0.949 bits per heavy atom. The van der Waals surface area contributed by atoms with Gasteiger partial charge in [0.1, 0.15) is 17.0 Å². The van der Waals surface area contributed by atoms with Gasteiger partial charge in [-0.1, -0.05) is 62.2 Å². The molecule has 3 aromatic carbocycles. The van der Waals surface area contributed by atoms with Gasteiger partial charge in [-0.3, -0.25) is 9.69 Å². The van der Waals surface area contributed by atoms with Crippen molar-refractivity contribution in [3.63, 3.8) is 0 Å². The molecule has 0 bridgehead atoms. The van der Waals surface area contributed by atoms with Crippen molar-refractivity contribution in [2.75, 3.05) is 4.90 Å². The van der Waals surface area contributed by atoms with Crippen LogP contribution in [0.1, 0.15) is 64.2 Å². The molecule has 0 saturated carbocycles. The molecule has 0 radical (unpaired) electrons. The van der Waals surface area contributed by atoms with Crippen LogP contribution in [-0.2, 0) is 14.6 Å². The topological polar surface area (TPSA) is 133 Å². The van der Waals surface area contributed by atoms with E-state index in [4.69, 9.17) is 16.2 Å². The number of hydrogen-bond acceptors (Lipinski definition) is 7. The van der Waals surface area contributed by atoms with E-state index in [-0.39, 0.29) is 16.2 Å². The number of nitrogens with two attached hydrogens (primary N) is 2. The lowest BCUT2D eigenvalue weighted by Crippen LogP contribution is -2.47. The molecule has 0 aromatic heterocycles. The first-order chi connectivity index (χ1) is 18.3. The Balaban J connectivity index is 1.91. The van der Waals surface area contributed by atoms with Gasteiger partial charge < -0.3 is 16.2 Å². The second-order valence-electron chi connectivity index (χ2n) is 10.8. The molecule has 0 heterocycles. The highest BCUT2D eigenvalue weighted by atomic mass is 32.2. The Morgan fingerprint density at radius 3 is 2.15 bits per heavy atom. The molecule has 4 N–H and O–H groups in total. The smallest absolute Gasteiger partial charge is 0.415 e. The maximum absolute atomic E-state index is 13.6. The number of unbranched alkanes of at least 4 members (excludes halogenated alkanes) is 1. The molecule has 3 aromatic rings.